The van der Waals surface area contributed by atoms with E-state index in [2.05, 4.69) is 34.1 Å². The van der Waals surface area contributed by atoms with Crippen molar-refractivity contribution in [2.75, 3.05) is 12.4 Å². The Balaban J connectivity index is 2.49. The molecule has 0 spiro atoms. The van der Waals surface area contributed by atoms with E-state index in [1.807, 2.05) is 30.9 Å². The van der Waals surface area contributed by atoms with Gasteiger partial charge >= 0.3 is 0 Å². The molecule has 0 saturated heterocycles. The van der Waals surface area contributed by atoms with Crippen molar-refractivity contribution in [2.45, 2.75) is 19.8 Å². The van der Waals surface area contributed by atoms with Crippen LogP contribution in [0, 0.1) is 0 Å². The van der Waals surface area contributed by atoms with Gasteiger partial charge in [0.15, 0.2) is 0 Å². The second-order valence-corrected chi connectivity index (χ2v) is 4.33. The number of imidazole rings is 1. The molecule has 0 aliphatic carbocycles. The lowest BCUT2D eigenvalue weighted by Crippen LogP contribution is -2.03. The number of nitrogens with zero attached hydrogens (tertiary/aromatic N) is 4. The van der Waals surface area contributed by atoms with E-state index in [4.69, 9.17) is 0 Å². The average molecular weight is 231 g/mol. The van der Waals surface area contributed by atoms with Crippen LogP contribution in [0.2, 0.25) is 0 Å². The van der Waals surface area contributed by atoms with Crippen LogP contribution in [-0.2, 0) is 7.05 Å². The van der Waals surface area contributed by atoms with Crippen LogP contribution in [0.3, 0.4) is 0 Å². The van der Waals surface area contributed by atoms with Crippen LogP contribution in [0.25, 0.3) is 11.4 Å². The fraction of sp³-hybridized carbons (Fsp3) is 0.417. The van der Waals surface area contributed by atoms with Gasteiger partial charge < -0.3 is 9.88 Å². The molecule has 0 bridgehead atoms. The molecule has 0 radical (unpaired) electrons. The number of rotatable bonds is 3. The second kappa shape index (κ2) is 4.53. The zero-order valence-corrected chi connectivity index (χ0v) is 10.6. The largest absolute Gasteiger partial charge is 0.373 e. The van der Waals surface area contributed by atoms with Crippen LogP contribution in [0.5, 0.6) is 0 Å². The highest BCUT2D eigenvalue weighted by molar-refractivity contribution is 5.57. The van der Waals surface area contributed by atoms with Crippen molar-refractivity contribution in [3.05, 3.63) is 24.4 Å². The molecule has 0 aliphatic rings. The summed E-state index contributed by atoms with van der Waals surface area (Å²) in [6.07, 6.45) is 3.72. The molecule has 2 heterocycles. The predicted octanol–water partition coefficient (Wildman–Crippen LogP) is 2.04. The topological polar surface area (TPSA) is 55.6 Å². The third-order valence-corrected chi connectivity index (χ3v) is 2.48. The molecular weight excluding hydrogens is 214 g/mol. The highest BCUT2D eigenvalue weighted by Gasteiger charge is 2.10. The summed E-state index contributed by atoms with van der Waals surface area (Å²) >= 11 is 0. The third-order valence-electron chi connectivity index (χ3n) is 2.48. The first-order chi connectivity index (χ1) is 8.10. The lowest BCUT2D eigenvalue weighted by molar-refractivity contribution is 0.777. The summed E-state index contributed by atoms with van der Waals surface area (Å²) in [7, 11) is 3.80. The maximum atomic E-state index is 4.54. The van der Waals surface area contributed by atoms with Gasteiger partial charge in [0.1, 0.15) is 17.3 Å². The van der Waals surface area contributed by atoms with Crippen molar-refractivity contribution < 1.29 is 0 Å². The highest BCUT2D eigenvalue weighted by atomic mass is 15.0. The summed E-state index contributed by atoms with van der Waals surface area (Å²) in [6.45, 7) is 4.16. The fourth-order valence-corrected chi connectivity index (χ4v) is 1.53. The van der Waals surface area contributed by atoms with Gasteiger partial charge in [0.25, 0.3) is 0 Å². The Labute approximate surface area is 101 Å². The van der Waals surface area contributed by atoms with E-state index in [1.54, 1.807) is 6.33 Å². The van der Waals surface area contributed by atoms with Crippen LogP contribution in [0.1, 0.15) is 25.6 Å². The van der Waals surface area contributed by atoms with Crippen molar-refractivity contribution >= 4 is 5.82 Å². The Morgan fingerprint density at radius 1 is 1.24 bits per heavy atom. The van der Waals surface area contributed by atoms with Crippen molar-refractivity contribution in [3.63, 3.8) is 0 Å². The SMILES string of the molecule is CNc1cc(-c2cn(C)cn2)nc(C(C)C)n1. The minimum atomic E-state index is 0.297. The van der Waals surface area contributed by atoms with E-state index >= 15 is 0 Å². The lowest BCUT2D eigenvalue weighted by Gasteiger charge is -2.08. The predicted molar refractivity (Wildman–Crippen MR) is 67.9 cm³/mol. The zero-order chi connectivity index (χ0) is 12.4. The van der Waals surface area contributed by atoms with E-state index in [-0.39, 0.29) is 0 Å². The van der Waals surface area contributed by atoms with Crippen LogP contribution in [0.15, 0.2) is 18.6 Å². The Hall–Kier alpha value is -1.91. The third kappa shape index (κ3) is 2.43. The minimum absolute atomic E-state index is 0.297. The summed E-state index contributed by atoms with van der Waals surface area (Å²) in [6, 6.07) is 1.91. The van der Waals surface area contributed by atoms with Gasteiger partial charge in [-0.1, -0.05) is 13.8 Å². The Kier molecular flexibility index (Phi) is 3.08. The molecule has 2 aromatic heterocycles. The lowest BCUT2D eigenvalue weighted by atomic mass is 10.2. The molecule has 1 N–H and O–H groups in total. The molecule has 0 unspecified atom stereocenters. The first-order valence-electron chi connectivity index (χ1n) is 5.65. The first-order valence-corrected chi connectivity index (χ1v) is 5.65. The molecule has 0 fully saturated rings. The van der Waals surface area contributed by atoms with E-state index in [1.165, 1.54) is 0 Å². The molecule has 17 heavy (non-hydrogen) atoms. The smallest absolute Gasteiger partial charge is 0.134 e. The van der Waals surface area contributed by atoms with Gasteiger partial charge in [0.05, 0.1) is 12.0 Å². The minimum Gasteiger partial charge on any atom is -0.373 e. The number of hydrogen-bond donors (Lipinski definition) is 1. The molecule has 2 aromatic rings. The Bertz CT molecular complexity index is 515. The highest BCUT2D eigenvalue weighted by Crippen LogP contribution is 2.20. The van der Waals surface area contributed by atoms with Crippen LogP contribution in [0.4, 0.5) is 5.82 Å². The van der Waals surface area contributed by atoms with E-state index in [0.717, 1.165) is 23.0 Å². The maximum Gasteiger partial charge on any atom is 0.134 e. The summed E-state index contributed by atoms with van der Waals surface area (Å²) in [5.41, 5.74) is 1.72. The molecular formula is C12H17N5. The second-order valence-electron chi connectivity index (χ2n) is 4.33. The molecule has 0 atom stereocenters. The maximum absolute atomic E-state index is 4.54. The van der Waals surface area contributed by atoms with Crippen molar-refractivity contribution in [3.8, 4) is 11.4 Å². The first kappa shape index (κ1) is 11.6. The van der Waals surface area contributed by atoms with Gasteiger partial charge in [-0.05, 0) is 0 Å². The van der Waals surface area contributed by atoms with Crippen LogP contribution in [-0.4, -0.2) is 26.6 Å². The molecule has 0 aromatic carbocycles. The average Bonchev–Trinajstić information content (AvgIpc) is 2.75. The molecule has 0 aliphatic heterocycles. The van der Waals surface area contributed by atoms with E-state index in [9.17, 15) is 0 Å². The number of aromatic nitrogens is 4. The summed E-state index contributed by atoms with van der Waals surface area (Å²) < 4.78 is 1.91. The van der Waals surface area contributed by atoms with E-state index < -0.39 is 0 Å². The van der Waals surface area contributed by atoms with Crippen LogP contribution < -0.4 is 5.32 Å². The van der Waals surface area contributed by atoms with Gasteiger partial charge in [-0.2, -0.15) is 0 Å². The summed E-state index contributed by atoms with van der Waals surface area (Å²) in [5, 5.41) is 3.05. The molecule has 90 valence electrons. The van der Waals surface area contributed by atoms with Gasteiger partial charge in [0.2, 0.25) is 0 Å². The number of aryl methyl sites for hydroxylation is 1. The molecule has 5 heteroatoms. The fourth-order valence-electron chi connectivity index (χ4n) is 1.53. The van der Waals surface area contributed by atoms with Gasteiger partial charge in [-0.3, -0.25) is 0 Å². The Morgan fingerprint density at radius 3 is 2.53 bits per heavy atom. The molecule has 0 amide bonds. The van der Waals surface area contributed by atoms with Gasteiger partial charge in [0, 0.05) is 32.3 Å². The van der Waals surface area contributed by atoms with Crippen LogP contribution >= 0.6 is 0 Å². The zero-order valence-electron chi connectivity index (χ0n) is 10.6. The quantitative estimate of drug-likeness (QED) is 0.878. The van der Waals surface area contributed by atoms with Crippen molar-refractivity contribution in [1.82, 2.24) is 19.5 Å². The van der Waals surface area contributed by atoms with E-state index in [0.29, 0.717) is 5.92 Å². The Morgan fingerprint density at radius 2 is 2.00 bits per heavy atom. The van der Waals surface area contributed by atoms with Gasteiger partial charge in [-0.25, -0.2) is 15.0 Å². The van der Waals surface area contributed by atoms with Gasteiger partial charge in [-0.15, -0.1) is 0 Å². The number of anilines is 1. The number of hydrogen-bond acceptors (Lipinski definition) is 4. The molecule has 0 saturated carbocycles. The summed E-state index contributed by atoms with van der Waals surface area (Å²) in [5.74, 6) is 1.95. The van der Waals surface area contributed by atoms with Crippen molar-refractivity contribution in [2.24, 2.45) is 7.05 Å². The number of nitrogens with one attached hydrogen (secondary N) is 1. The normalized spacial score (nSPS) is 10.9. The van der Waals surface area contributed by atoms with Crippen molar-refractivity contribution in [1.29, 1.82) is 0 Å². The molecule has 5 nitrogen and oxygen atoms in total. The monoisotopic (exact) mass is 231 g/mol. The summed E-state index contributed by atoms with van der Waals surface area (Å²) in [4.78, 5) is 13.3. The standard InChI is InChI=1S/C12H17N5/c1-8(2)12-15-9(5-11(13-3)16-12)10-6-17(4)7-14-10/h5-8H,1-4H3,(H,13,15,16). The molecule has 2 rings (SSSR count).